The van der Waals surface area contributed by atoms with Gasteiger partial charge >= 0.3 is 0 Å². The quantitative estimate of drug-likeness (QED) is 0.906. The lowest BCUT2D eigenvalue weighted by molar-refractivity contribution is -0.00757. The summed E-state index contributed by atoms with van der Waals surface area (Å²) in [4.78, 5) is 8.86. The topological polar surface area (TPSA) is 89.3 Å². The predicted octanol–water partition coefficient (Wildman–Crippen LogP) is 1.61. The molecular formula is C18H18N4O3. The summed E-state index contributed by atoms with van der Waals surface area (Å²) in [6.07, 6.45) is 1.54. The Labute approximate surface area is 145 Å². The van der Waals surface area contributed by atoms with Crippen LogP contribution in [-0.4, -0.2) is 54.6 Å². The van der Waals surface area contributed by atoms with E-state index in [0.29, 0.717) is 24.7 Å². The van der Waals surface area contributed by atoms with Crippen molar-refractivity contribution in [2.75, 3.05) is 25.6 Å². The van der Waals surface area contributed by atoms with E-state index >= 15 is 0 Å². The van der Waals surface area contributed by atoms with Crippen molar-refractivity contribution in [3.05, 3.63) is 42.1 Å². The normalized spacial score (nSPS) is 27.7. The van der Waals surface area contributed by atoms with Gasteiger partial charge in [0.15, 0.2) is 0 Å². The van der Waals surface area contributed by atoms with Crippen molar-refractivity contribution >= 4 is 5.95 Å². The minimum Gasteiger partial charge on any atom is -0.376 e. The lowest BCUT2D eigenvalue weighted by Gasteiger charge is -2.17. The van der Waals surface area contributed by atoms with Gasteiger partial charge in [0.05, 0.1) is 36.6 Å². The minimum atomic E-state index is -0.0703. The van der Waals surface area contributed by atoms with Crippen LogP contribution in [0.25, 0.3) is 11.3 Å². The summed E-state index contributed by atoms with van der Waals surface area (Å²) < 4.78 is 17.0. The van der Waals surface area contributed by atoms with Crippen LogP contribution in [0.2, 0.25) is 0 Å². The van der Waals surface area contributed by atoms with Crippen LogP contribution in [0.3, 0.4) is 0 Å². The first-order chi connectivity index (χ1) is 12.3. The second-order valence-electron chi connectivity index (χ2n) is 6.08. The molecule has 1 aromatic carbocycles. The van der Waals surface area contributed by atoms with Crippen LogP contribution in [0.15, 0.2) is 36.5 Å². The number of ether oxygens (including phenoxy) is 3. The van der Waals surface area contributed by atoms with Crippen LogP contribution < -0.4 is 5.32 Å². The van der Waals surface area contributed by atoms with Gasteiger partial charge in [0.25, 0.3) is 0 Å². The Morgan fingerprint density at radius 1 is 1.24 bits per heavy atom. The first kappa shape index (κ1) is 16.0. The number of aromatic nitrogens is 2. The Hall–Kier alpha value is -2.53. The van der Waals surface area contributed by atoms with Crippen molar-refractivity contribution < 1.29 is 14.2 Å². The molecule has 1 aromatic heterocycles. The van der Waals surface area contributed by atoms with Gasteiger partial charge in [0.1, 0.15) is 18.3 Å². The number of fused-ring (bicyclic) bond motifs is 1. The Morgan fingerprint density at radius 2 is 2.12 bits per heavy atom. The Morgan fingerprint density at radius 3 is 2.96 bits per heavy atom. The lowest BCUT2D eigenvalue weighted by Crippen LogP contribution is -2.36. The average molecular weight is 338 g/mol. The lowest BCUT2D eigenvalue weighted by atomic mass is 10.1. The molecule has 1 N–H and O–H groups in total. The number of nitriles is 1. The van der Waals surface area contributed by atoms with E-state index in [0.717, 1.165) is 11.3 Å². The highest BCUT2D eigenvalue weighted by molar-refractivity contribution is 5.62. The van der Waals surface area contributed by atoms with Gasteiger partial charge in [0, 0.05) is 18.9 Å². The summed E-state index contributed by atoms with van der Waals surface area (Å²) >= 11 is 0. The molecule has 4 rings (SSSR count). The maximum Gasteiger partial charge on any atom is 0.223 e. The van der Waals surface area contributed by atoms with Gasteiger partial charge in [-0.2, -0.15) is 5.26 Å². The molecule has 2 aliphatic heterocycles. The third-order valence-electron chi connectivity index (χ3n) is 4.57. The number of hydrogen-bond acceptors (Lipinski definition) is 7. The van der Waals surface area contributed by atoms with E-state index in [1.54, 1.807) is 19.4 Å². The Bertz CT molecular complexity index is 807. The maximum absolute atomic E-state index is 9.05. The van der Waals surface area contributed by atoms with E-state index in [9.17, 15) is 0 Å². The summed E-state index contributed by atoms with van der Waals surface area (Å²) in [5, 5.41) is 12.4. The molecule has 2 saturated heterocycles. The Balaban J connectivity index is 1.52. The molecule has 0 bridgehead atoms. The first-order valence-electron chi connectivity index (χ1n) is 8.14. The molecule has 0 unspecified atom stereocenters. The number of rotatable bonds is 4. The summed E-state index contributed by atoms with van der Waals surface area (Å²) in [5.41, 5.74) is 2.23. The molecule has 4 atom stereocenters. The standard InChI is InChI=1S/C18H18N4O3/c1-23-15-10-25-16-14(9-24-17(15)16)22-18-20-6-5-13(21-18)12-4-2-3-11(7-12)8-19/h2-7,14-17H,9-10H2,1H3,(H,20,21,22)/t14-,15+,16+,17+/m0/s1. The number of anilines is 1. The highest BCUT2D eigenvalue weighted by atomic mass is 16.6. The third kappa shape index (κ3) is 3.07. The van der Waals surface area contributed by atoms with Crippen molar-refractivity contribution in [2.45, 2.75) is 24.4 Å². The van der Waals surface area contributed by atoms with Crippen LogP contribution in [0.1, 0.15) is 5.56 Å². The molecule has 2 fully saturated rings. The van der Waals surface area contributed by atoms with Crippen molar-refractivity contribution in [1.29, 1.82) is 5.26 Å². The molecule has 25 heavy (non-hydrogen) atoms. The van der Waals surface area contributed by atoms with Crippen LogP contribution in [0, 0.1) is 11.3 Å². The molecule has 2 aliphatic rings. The number of benzene rings is 1. The largest absolute Gasteiger partial charge is 0.376 e. The molecule has 7 nitrogen and oxygen atoms in total. The van der Waals surface area contributed by atoms with E-state index in [1.807, 2.05) is 24.3 Å². The Kier molecular flexibility index (Phi) is 4.32. The fraction of sp³-hybridized carbons (Fsp3) is 0.389. The van der Waals surface area contributed by atoms with Crippen LogP contribution >= 0.6 is 0 Å². The molecule has 0 spiro atoms. The van der Waals surface area contributed by atoms with Crippen LogP contribution in [-0.2, 0) is 14.2 Å². The average Bonchev–Trinajstić information content (AvgIpc) is 3.25. The SMILES string of the molecule is CO[C@@H]1CO[C@H]2[C@@H]1OC[C@@H]2Nc1nccc(-c2cccc(C#N)c2)n1. The minimum absolute atomic E-state index is 0.0224. The molecule has 2 aromatic rings. The predicted molar refractivity (Wildman–Crippen MR) is 89.9 cm³/mol. The van der Waals surface area contributed by atoms with E-state index in [1.165, 1.54) is 0 Å². The van der Waals surface area contributed by atoms with Crippen LogP contribution in [0.5, 0.6) is 0 Å². The summed E-state index contributed by atoms with van der Waals surface area (Å²) in [6, 6.07) is 11.3. The maximum atomic E-state index is 9.05. The van der Waals surface area contributed by atoms with Gasteiger partial charge in [-0.25, -0.2) is 9.97 Å². The zero-order valence-electron chi connectivity index (χ0n) is 13.8. The molecular weight excluding hydrogens is 320 g/mol. The van der Waals surface area contributed by atoms with E-state index in [-0.39, 0.29) is 24.4 Å². The second kappa shape index (κ2) is 6.76. The van der Waals surface area contributed by atoms with Crippen molar-refractivity contribution in [3.8, 4) is 17.3 Å². The fourth-order valence-electron chi connectivity index (χ4n) is 3.29. The summed E-state index contributed by atoms with van der Waals surface area (Å²) in [7, 11) is 1.67. The van der Waals surface area contributed by atoms with Gasteiger partial charge in [-0.05, 0) is 18.2 Å². The van der Waals surface area contributed by atoms with Gasteiger partial charge in [-0.15, -0.1) is 0 Å². The van der Waals surface area contributed by atoms with E-state index in [2.05, 4.69) is 21.4 Å². The molecule has 3 heterocycles. The highest BCUT2D eigenvalue weighted by Crippen LogP contribution is 2.30. The van der Waals surface area contributed by atoms with Crippen molar-refractivity contribution in [3.63, 3.8) is 0 Å². The zero-order chi connectivity index (χ0) is 17.2. The number of nitrogens with zero attached hydrogens (tertiary/aromatic N) is 3. The fourth-order valence-corrected chi connectivity index (χ4v) is 3.29. The first-order valence-corrected chi connectivity index (χ1v) is 8.14. The molecule has 128 valence electrons. The second-order valence-corrected chi connectivity index (χ2v) is 6.08. The van der Waals surface area contributed by atoms with Gasteiger partial charge in [-0.3, -0.25) is 0 Å². The van der Waals surface area contributed by atoms with Crippen molar-refractivity contribution in [2.24, 2.45) is 0 Å². The number of nitrogens with one attached hydrogen (secondary N) is 1. The summed E-state index contributed by atoms with van der Waals surface area (Å²) in [6.45, 7) is 1.05. The third-order valence-corrected chi connectivity index (χ3v) is 4.57. The zero-order valence-corrected chi connectivity index (χ0v) is 13.8. The van der Waals surface area contributed by atoms with Gasteiger partial charge in [0.2, 0.25) is 5.95 Å². The number of methoxy groups -OCH3 is 1. The molecule has 7 heteroatoms. The van der Waals surface area contributed by atoms with E-state index in [4.69, 9.17) is 19.5 Å². The van der Waals surface area contributed by atoms with Gasteiger partial charge in [-0.1, -0.05) is 12.1 Å². The molecule has 0 saturated carbocycles. The smallest absolute Gasteiger partial charge is 0.223 e. The van der Waals surface area contributed by atoms with E-state index < -0.39 is 0 Å². The highest BCUT2D eigenvalue weighted by Gasteiger charge is 2.48. The van der Waals surface area contributed by atoms with Crippen LogP contribution in [0.4, 0.5) is 5.95 Å². The number of hydrogen-bond donors (Lipinski definition) is 1. The molecule has 0 amide bonds. The van der Waals surface area contributed by atoms with Gasteiger partial charge < -0.3 is 19.5 Å². The summed E-state index contributed by atoms with van der Waals surface area (Å²) in [5.74, 6) is 0.513. The van der Waals surface area contributed by atoms with Crippen molar-refractivity contribution in [1.82, 2.24) is 9.97 Å². The molecule has 0 aliphatic carbocycles. The molecule has 0 radical (unpaired) electrons. The monoisotopic (exact) mass is 338 g/mol.